The summed E-state index contributed by atoms with van der Waals surface area (Å²) in [5.41, 5.74) is 23.8. The first-order valence-electron chi connectivity index (χ1n) is 22.5. The number of fused-ring (bicyclic) bond motifs is 5. The molecule has 0 spiro atoms. The summed E-state index contributed by atoms with van der Waals surface area (Å²) in [5, 5.41) is 3.90. The minimum absolute atomic E-state index is 0.0828. The van der Waals surface area contributed by atoms with Crippen molar-refractivity contribution in [2.75, 3.05) is 10.2 Å². The zero-order chi connectivity index (χ0) is 42.8. The monoisotopic (exact) mass is 804 g/mol. The third-order valence-electron chi connectivity index (χ3n) is 14.0. The number of hydrogen-bond acceptors (Lipinski definition) is 2. The van der Waals surface area contributed by atoms with Crippen molar-refractivity contribution in [2.24, 2.45) is 0 Å². The summed E-state index contributed by atoms with van der Waals surface area (Å²) in [5.74, 6) is 0.475. The second-order valence-electron chi connectivity index (χ2n) is 18.7. The molecule has 0 saturated carbocycles. The highest BCUT2D eigenvalue weighted by Gasteiger charge is 2.39. The van der Waals surface area contributed by atoms with Crippen molar-refractivity contribution in [1.29, 1.82) is 0 Å². The minimum atomic E-state index is -0.218. The Hall–Kier alpha value is -6.64. The SMILES string of the molecule is CCCC(C)c1ccc(Nc2ccc(-c3ccc4c(c3)C(C)(C)c3ccccc3N4c3ccc4c(c3)C(C)(C)c3ccccc3-4)cc2-c2ccccc2)cc1-c1ccccc1C. The van der Waals surface area contributed by atoms with Crippen LogP contribution in [0.25, 0.3) is 44.5 Å². The van der Waals surface area contributed by atoms with Gasteiger partial charge in [-0.1, -0.05) is 169 Å². The lowest BCUT2D eigenvalue weighted by molar-refractivity contribution is 0.631. The molecular weight excluding hydrogens is 749 g/mol. The van der Waals surface area contributed by atoms with Gasteiger partial charge in [-0.25, -0.2) is 0 Å². The van der Waals surface area contributed by atoms with E-state index in [0.29, 0.717) is 5.92 Å². The van der Waals surface area contributed by atoms with Crippen LogP contribution in [-0.2, 0) is 10.8 Å². The summed E-state index contributed by atoms with van der Waals surface area (Å²) in [7, 11) is 0. The molecule has 1 atom stereocenters. The van der Waals surface area contributed by atoms with Crippen LogP contribution in [-0.4, -0.2) is 0 Å². The molecule has 10 rings (SSSR count). The van der Waals surface area contributed by atoms with Gasteiger partial charge in [0.05, 0.1) is 11.4 Å². The van der Waals surface area contributed by atoms with Gasteiger partial charge in [-0.15, -0.1) is 0 Å². The summed E-state index contributed by atoms with van der Waals surface area (Å²) in [6, 6.07) is 65.7. The van der Waals surface area contributed by atoms with E-state index >= 15 is 0 Å². The predicted molar refractivity (Wildman–Crippen MR) is 265 cm³/mol. The first-order chi connectivity index (χ1) is 30.0. The van der Waals surface area contributed by atoms with E-state index in [4.69, 9.17) is 0 Å². The van der Waals surface area contributed by atoms with Crippen LogP contribution in [0.1, 0.15) is 93.7 Å². The van der Waals surface area contributed by atoms with Crippen LogP contribution < -0.4 is 10.2 Å². The first-order valence-corrected chi connectivity index (χ1v) is 22.5. The van der Waals surface area contributed by atoms with E-state index in [1.54, 1.807) is 0 Å². The molecule has 306 valence electrons. The van der Waals surface area contributed by atoms with Gasteiger partial charge >= 0.3 is 0 Å². The Morgan fingerprint density at radius 3 is 1.92 bits per heavy atom. The number of hydrogen-bond donors (Lipinski definition) is 1. The molecule has 0 bridgehead atoms. The lowest BCUT2D eigenvalue weighted by atomic mass is 9.72. The second kappa shape index (κ2) is 15.4. The van der Waals surface area contributed by atoms with Crippen LogP contribution in [0, 0.1) is 6.92 Å². The number of rotatable bonds is 9. The average molecular weight is 805 g/mol. The van der Waals surface area contributed by atoms with Crippen molar-refractivity contribution in [3.05, 3.63) is 209 Å². The predicted octanol–water partition coefficient (Wildman–Crippen LogP) is 17.1. The van der Waals surface area contributed by atoms with Gasteiger partial charge in [-0.2, -0.15) is 0 Å². The van der Waals surface area contributed by atoms with Gasteiger partial charge in [0.1, 0.15) is 0 Å². The van der Waals surface area contributed by atoms with E-state index in [2.05, 4.69) is 235 Å². The first kappa shape index (κ1) is 39.5. The summed E-state index contributed by atoms with van der Waals surface area (Å²) in [6.45, 7) is 16.4. The van der Waals surface area contributed by atoms with Crippen molar-refractivity contribution in [1.82, 2.24) is 0 Å². The van der Waals surface area contributed by atoms with Crippen LogP contribution in [0.5, 0.6) is 0 Å². The van der Waals surface area contributed by atoms with E-state index in [9.17, 15) is 0 Å². The zero-order valence-electron chi connectivity index (χ0n) is 37.2. The quantitative estimate of drug-likeness (QED) is 0.156. The maximum Gasteiger partial charge on any atom is 0.0503 e. The maximum absolute atomic E-state index is 3.90. The number of para-hydroxylation sites is 1. The fourth-order valence-corrected chi connectivity index (χ4v) is 10.6. The van der Waals surface area contributed by atoms with Crippen LogP contribution >= 0.6 is 0 Å². The van der Waals surface area contributed by atoms with Crippen molar-refractivity contribution in [2.45, 2.75) is 78.1 Å². The van der Waals surface area contributed by atoms with E-state index in [1.165, 1.54) is 95.0 Å². The molecule has 0 amide bonds. The van der Waals surface area contributed by atoms with Gasteiger partial charge < -0.3 is 10.2 Å². The summed E-state index contributed by atoms with van der Waals surface area (Å²) >= 11 is 0. The molecule has 1 aliphatic carbocycles. The standard InChI is InChI=1S/C60H56N2/c1-8-18-39(2)47-31-29-44(37-51(47)46-22-13-12-19-40(46)3)61-56-33-27-42(35-50(56)41-20-10-9-11-21-41)43-28-34-58-55(36-43)60(6,7)53-25-16-17-26-57(53)62(58)45-30-32-49-48-23-14-15-24-52(48)59(4,5)54(49)38-45/h9-17,19-39,61H,8,18H2,1-7H3. The molecule has 2 aliphatic rings. The molecule has 1 aliphatic heterocycles. The molecule has 0 aromatic heterocycles. The summed E-state index contributed by atoms with van der Waals surface area (Å²) in [4.78, 5) is 2.50. The Morgan fingerprint density at radius 1 is 0.484 bits per heavy atom. The number of benzene rings is 8. The van der Waals surface area contributed by atoms with Crippen molar-refractivity contribution < 1.29 is 0 Å². The highest BCUT2D eigenvalue weighted by atomic mass is 15.2. The molecule has 1 unspecified atom stereocenters. The summed E-state index contributed by atoms with van der Waals surface area (Å²) < 4.78 is 0. The molecule has 0 fully saturated rings. The Kier molecular flexibility index (Phi) is 9.79. The van der Waals surface area contributed by atoms with Gasteiger partial charge in [0.25, 0.3) is 0 Å². The van der Waals surface area contributed by atoms with Crippen LogP contribution in [0.2, 0.25) is 0 Å². The van der Waals surface area contributed by atoms with Gasteiger partial charge in [0.15, 0.2) is 0 Å². The normalized spacial score (nSPS) is 14.7. The largest absolute Gasteiger partial charge is 0.355 e. The maximum atomic E-state index is 3.90. The lowest BCUT2D eigenvalue weighted by Gasteiger charge is -2.42. The highest BCUT2D eigenvalue weighted by molar-refractivity contribution is 5.92. The molecule has 0 saturated heterocycles. The Bertz CT molecular complexity index is 2990. The smallest absolute Gasteiger partial charge is 0.0503 e. The van der Waals surface area contributed by atoms with Gasteiger partial charge in [-0.3, -0.25) is 0 Å². The second-order valence-corrected chi connectivity index (χ2v) is 18.7. The van der Waals surface area contributed by atoms with E-state index in [0.717, 1.165) is 24.2 Å². The minimum Gasteiger partial charge on any atom is -0.355 e. The molecule has 1 N–H and O–H groups in total. The lowest BCUT2D eigenvalue weighted by Crippen LogP contribution is -2.30. The molecule has 0 radical (unpaired) electrons. The van der Waals surface area contributed by atoms with Gasteiger partial charge in [0.2, 0.25) is 0 Å². The van der Waals surface area contributed by atoms with Crippen molar-refractivity contribution >= 4 is 28.4 Å². The van der Waals surface area contributed by atoms with Crippen LogP contribution in [0.4, 0.5) is 28.4 Å². The topological polar surface area (TPSA) is 15.3 Å². The van der Waals surface area contributed by atoms with E-state index in [1.807, 2.05) is 0 Å². The molecule has 2 nitrogen and oxygen atoms in total. The molecular formula is C60H56N2. The summed E-state index contributed by atoms with van der Waals surface area (Å²) in [6.07, 6.45) is 2.33. The number of anilines is 5. The number of nitrogens with one attached hydrogen (secondary N) is 1. The van der Waals surface area contributed by atoms with E-state index < -0.39 is 0 Å². The third-order valence-corrected chi connectivity index (χ3v) is 14.0. The average Bonchev–Trinajstić information content (AvgIpc) is 3.52. The number of aryl methyl sites for hydroxylation is 1. The van der Waals surface area contributed by atoms with Gasteiger partial charge in [-0.05, 0) is 146 Å². The van der Waals surface area contributed by atoms with E-state index in [-0.39, 0.29) is 10.8 Å². The Morgan fingerprint density at radius 2 is 1.13 bits per heavy atom. The molecule has 8 aromatic carbocycles. The molecule has 1 heterocycles. The Balaban J connectivity index is 1.06. The molecule has 2 heteroatoms. The number of nitrogens with zero attached hydrogens (tertiary/aromatic N) is 1. The van der Waals surface area contributed by atoms with Gasteiger partial charge in [0, 0.05) is 33.5 Å². The fraction of sp³-hybridized carbons (Fsp3) is 0.200. The van der Waals surface area contributed by atoms with Crippen molar-refractivity contribution in [3.8, 4) is 44.5 Å². The highest BCUT2D eigenvalue weighted by Crippen LogP contribution is 2.55. The fourth-order valence-electron chi connectivity index (χ4n) is 10.6. The van der Waals surface area contributed by atoms with Crippen LogP contribution in [0.3, 0.4) is 0 Å². The molecule has 8 aromatic rings. The zero-order valence-corrected chi connectivity index (χ0v) is 37.2. The Labute approximate surface area is 369 Å². The van der Waals surface area contributed by atoms with Crippen molar-refractivity contribution in [3.63, 3.8) is 0 Å². The third kappa shape index (κ3) is 6.56. The molecule has 62 heavy (non-hydrogen) atoms. The van der Waals surface area contributed by atoms with Crippen LogP contribution in [0.15, 0.2) is 176 Å².